The minimum Gasteiger partial charge on any atom is -0.478 e. The van der Waals surface area contributed by atoms with E-state index in [2.05, 4.69) is 0 Å². The monoisotopic (exact) mass is 313 g/mol. The van der Waals surface area contributed by atoms with Crippen molar-refractivity contribution in [2.24, 2.45) is 0 Å². The minimum atomic E-state index is -1.11. The van der Waals surface area contributed by atoms with E-state index in [1.54, 1.807) is 12.1 Å². The quantitative estimate of drug-likeness (QED) is 0.762. The Balaban J connectivity index is 1.99. The number of fused-ring (bicyclic) bond motifs is 1. The molecule has 1 heterocycles. The lowest BCUT2D eigenvalue weighted by molar-refractivity contribution is 0.0686. The summed E-state index contributed by atoms with van der Waals surface area (Å²) in [7, 11) is 0. The fraction of sp³-hybridized carbons (Fsp3) is 0.0625. The van der Waals surface area contributed by atoms with E-state index < -0.39 is 17.7 Å². The average Bonchev–Trinajstić information content (AvgIpc) is 2.83. The van der Waals surface area contributed by atoms with Gasteiger partial charge in [-0.2, -0.15) is 0 Å². The zero-order valence-corrected chi connectivity index (χ0v) is 11.7. The zero-order valence-electron chi connectivity index (χ0n) is 11.7. The van der Waals surface area contributed by atoms with E-state index >= 15 is 0 Å². The summed E-state index contributed by atoms with van der Waals surface area (Å²) in [5.74, 6) is -2.74. The van der Waals surface area contributed by atoms with Crippen molar-refractivity contribution in [3.63, 3.8) is 0 Å². The highest BCUT2D eigenvalue weighted by Gasteiger charge is 2.13. The number of hydrogen-bond donors (Lipinski definition) is 2. The molecule has 3 aromatic rings. The van der Waals surface area contributed by atoms with Crippen molar-refractivity contribution in [3.05, 3.63) is 69.7 Å². The molecular weight excluding hydrogens is 302 g/mol. The predicted octanol–water partition coefficient (Wildman–Crippen LogP) is 2.04. The van der Waals surface area contributed by atoms with Crippen LogP contribution in [0.5, 0.6) is 0 Å². The molecule has 116 valence electrons. The van der Waals surface area contributed by atoms with E-state index in [9.17, 15) is 14.4 Å². The van der Waals surface area contributed by atoms with Crippen LogP contribution in [0.1, 0.15) is 26.3 Å². The second kappa shape index (κ2) is 5.45. The average molecular weight is 313 g/mol. The van der Waals surface area contributed by atoms with E-state index in [1.165, 1.54) is 34.9 Å². The van der Waals surface area contributed by atoms with Crippen molar-refractivity contribution >= 4 is 23.0 Å². The van der Waals surface area contributed by atoms with Gasteiger partial charge in [-0.1, -0.05) is 12.1 Å². The lowest BCUT2D eigenvalue weighted by Crippen LogP contribution is -2.14. The Morgan fingerprint density at radius 1 is 0.957 bits per heavy atom. The van der Waals surface area contributed by atoms with Crippen LogP contribution in [0.15, 0.2) is 51.7 Å². The van der Waals surface area contributed by atoms with E-state index in [0.29, 0.717) is 5.52 Å². The van der Waals surface area contributed by atoms with Gasteiger partial charge >= 0.3 is 17.7 Å². The van der Waals surface area contributed by atoms with E-state index in [0.717, 1.165) is 5.56 Å². The first-order chi connectivity index (χ1) is 11.0. The standard InChI is InChI=1S/C16H11NO6/c18-14(19)10-3-1-9(2-4-10)8-17-12-6-5-11(15(20)21)7-13(12)23-16(17)22/h1-7H,8H2,(H,18,19)(H,20,21). The van der Waals surface area contributed by atoms with Gasteiger partial charge in [0.2, 0.25) is 0 Å². The van der Waals surface area contributed by atoms with Crippen LogP contribution in [0.2, 0.25) is 0 Å². The molecule has 0 unspecified atom stereocenters. The Hall–Kier alpha value is -3.35. The summed E-state index contributed by atoms with van der Waals surface area (Å²) in [6, 6.07) is 10.3. The van der Waals surface area contributed by atoms with Gasteiger partial charge in [0.25, 0.3) is 0 Å². The molecular formula is C16H11NO6. The van der Waals surface area contributed by atoms with Crippen LogP contribution in [0.4, 0.5) is 0 Å². The first kappa shape index (κ1) is 14.6. The number of aromatic carboxylic acids is 2. The molecule has 0 fully saturated rings. The molecule has 7 nitrogen and oxygen atoms in total. The SMILES string of the molecule is O=C(O)c1ccc(Cn2c(=O)oc3cc(C(=O)O)ccc32)cc1. The molecule has 0 aliphatic carbocycles. The Labute approximate surface area is 129 Å². The number of hydrogen-bond acceptors (Lipinski definition) is 4. The van der Waals surface area contributed by atoms with Gasteiger partial charge in [0, 0.05) is 0 Å². The molecule has 0 spiro atoms. The van der Waals surface area contributed by atoms with Gasteiger partial charge in [-0.25, -0.2) is 14.4 Å². The van der Waals surface area contributed by atoms with Gasteiger partial charge in [0.1, 0.15) is 0 Å². The molecule has 0 aliphatic heterocycles. The largest absolute Gasteiger partial charge is 0.478 e. The number of carboxylic acid groups (broad SMARTS) is 2. The van der Waals surface area contributed by atoms with Crippen molar-refractivity contribution in [3.8, 4) is 0 Å². The summed E-state index contributed by atoms with van der Waals surface area (Å²) < 4.78 is 6.43. The van der Waals surface area contributed by atoms with Gasteiger partial charge < -0.3 is 14.6 Å². The number of benzene rings is 2. The molecule has 3 rings (SSSR count). The van der Waals surface area contributed by atoms with Gasteiger partial charge in [-0.05, 0) is 35.9 Å². The number of oxazole rings is 1. The molecule has 2 aromatic carbocycles. The Morgan fingerprint density at radius 2 is 1.57 bits per heavy atom. The molecule has 0 saturated heterocycles. The summed E-state index contributed by atoms with van der Waals surface area (Å²) in [4.78, 5) is 33.7. The highest BCUT2D eigenvalue weighted by molar-refractivity contribution is 5.91. The molecule has 0 radical (unpaired) electrons. The highest BCUT2D eigenvalue weighted by Crippen LogP contribution is 2.17. The molecule has 0 aliphatic rings. The molecule has 0 saturated carbocycles. The number of carbonyl (C=O) groups is 2. The van der Waals surface area contributed by atoms with Crippen molar-refractivity contribution in [1.29, 1.82) is 0 Å². The van der Waals surface area contributed by atoms with Gasteiger partial charge in [-0.3, -0.25) is 4.57 Å². The Morgan fingerprint density at radius 3 is 2.17 bits per heavy atom. The summed E-state index contributed by atoms with van der Waals surface area (Å²) >= 11 is 0. The van der Waals surface area contributed by atoms with Crippen LogP contribution in [-0.2, 0) is 6.54 Å². The molecule has 2 N–H and O–H groups in total. The second-order valence-electron chi connectivity index (χ2n) is 4.94. The fourth-order valence-electron chi connectivity index (χ4n) is 2.28. The Kier molecular flexibility index (Phi) is 3.46. The van der Waals surface area contributed by atoms with Gasteiger partial charge in [0.15, 0.2) is 5.58 Å². The second-order valence-corrected chi connectivity index (χ2v) is 4.94. The third-order valence-electron chi connectivity index (χ3n) is 3.46. The maximum atomic E-state index is 12.0. The third kappa shape index (κ3) is 2.71. The van der Waals surface area contributed by atoms with Crippen molar-refractivity contribution < 1.29 is 24.2 Å². The lowest BCUT2D eigenvalue weighted by Gasteiger charge is -2.03. The van der Waals surface area contributed by atoms with Crippen LogP contribution in [-0.4, -0.2) is 26.7 Å². The van der Waals surface area contributed by atoms with Crippen molar-refractivity contribution in [2.75, 3.05) is 0 Å². The van der Waals surface area contributed by atoms with Crippen molar-refractivity contribution in [1.82, 2.24) is 4.57 Å². The topological polar surface area (TPSA) is 110 Å². The van der Waals surface area contributed by atoms with Gasteiger partial charge in [-0.15, -0.1) is 0 Å². The highest BCUT2D eigenvalue weighted by atomic mass is 16.4. The molecule has 0 amide bonds. The molecule has 7 heteroatoms. The zero-order chi connectivity index (χ0) is 16.6. The molecule has 23 heavy (non-hydrogen) atoms. The fourth-order valence-corrected chi connectivity index (χ4v) is 2.28. The Bertz CT molecular complexity index is 964. The summed E-state index contributed by atoms with van der Waals surface area (Å²) in [5, 5.41) is 17.8. The van der Waals surface area contributed by atoms with Crippen LogP contribution in [0, 0.1) is 0 Å². The molecule has 0 bridgehead atoms. The van der Waals surface area contributed by atoms with E-state index in [1.807, 2.05) is 0 Å². The van der Waals surface area contributed by atoms with Crippen LogP contribution >= 0.6 is 0 Å². The molecule has 1 aromatic heterocycles. The number of rotatable bonds is 4. The number of nitrogens with zero attached hydrogens (tertiary/aromatic N) is 1. The first-order valence-corrected chi connectivity index (χ1v) is 6.64. The van der Waals surface area contributed by atoms with Crippen LogP contribution < -0.4 is 5.76 Å². The number of carboxylic acids is 2. The lowest BCUT2D eigenvalue weighted by atomic mass is 10.1. The summed E-state index contributed by atoms with van der Waals surface area (Å²) in [6.45, 7) is 0.193. The third-order valence-corrected chi connectivity index (χ3v) is 3.46. The normalized spacial score (nSPS) is 10.8. The van der Waals surface area contributed by atoms with E-state index in [4.69, 9.17) is 14.6 Å². The van der Waals surface area contributed by atoms with Gasteiger partial charge in [0.05, 0.1) is 23.2 Å². The first-order valence-electron chi connectivity index (χ1n) is 6.64. The maximum absolute atomic E-state index is 12.0. The summed E-state index contributed by atoms with van der Waals surface area (Å²) in [5.41, 5.74) is 1.58. The predicted molar refractivity (Wildman–Crippen MR) is 79.9 cm³/mol. The number of aromatic nitrogens is 1. The van der Waals surface area contributed by atoms with E-state index in [-0.39, 0.29) is 23.3 Å². The van der Waals surface area contributed by atoms with Crippen molar-refractivity contribution in [2.45, 2.75) is 6.54 Å². The maximum Gasteiger partial charge on any atom is 0.420 e. The van der Waals surface area contributed by atoms with Crippen LogP contribution in [0.3, 0.4) is 0 Å². The summed E-state index contributed by atoms with van der Waals surface area (Å²) in [6.07, 6.45) is 0. The smallest absolute Gasteiger partial charge is 0.420 e. The van der Waals surface area contributed by atoms with Crippen LogP contribution in [0.25, 0.3) is 11.1 Å². The minimum absolute atomic E-state index is 0.0317. The molecule has 0 atom stereocenters.